The van der Waals surface area contributed by atoms with E-state index in [4.69, 9.17) is 0 Å². The molecule has 0 aromatic rings. The molecule has 1 atom stereocenters. The van der Waals surface area contributed by atoms with Crippen LogP contribution in [0.3, 0.4) is 0 Å². The monoisotopic (exact) mass is 210 g/mol. The Bertz CT molecular complexity index is 163. The molecule has 2 aliphatic rings. The molecule has 0 aromatic heterocycles. The van der Waals surface area contributed by atoms with Crippen LogP contribution in [0.5, 0.6) is 0 Å². The Morgan fingerprint density at radius 1 is 1.00 bits per heavy atom. The van der Waals surface area contributed by atoms with Crippen molar-refractivity contribution in [2.24, 2.45) is 0 Å². The molecule has 1 saturated carbocycles. The van der Waals surface area contributed by atoms with Crippen molar-refractivity contribution in [1.29, 1.82) is 0 Å². The van der Waals surface area contributed by atoms with Crippen LogP contribution < -0.4 is 5.32 Å². The molecule has 2 rings (SSSR count). The van der Waals surface area contributed by atoms with Gasteiger partial charge in [0.25, 0.3) is 0 Å². The maximum Gasteiger partial charge on any atom is 0.0223 e. The van der Waals surface area contributed by atoms with E-state index in [0.717, 1.165) is 12.1 Å². The molecule has 0 bridgehead atoms. The lowest BCUT2D eigenvalue weighted by molar-refractivity contribution is 0.0732. The van der Waals surface area contributed by atoms with Gasteiger partial charge in [-0.2, -0.15) is 0 Å². The Morgan fingerprint density at radius 3 is 2.47 bits per heavy atom. The van der Waals surface area contributed by atoms with Crippen LogP contribution in [0, 0.1) is 0 Å². The summed E-state index contributed by atoms with van der Waals surface area (Å²) in [5, 5.41) is 3.36. The van der Waals surface area contributed by atoms with Crippen LogP contribution in [0.15, 0.2) is 0 Å². The van der Waals surface area contributed by atoms with Crippen LogP contribution >= 0.6 is 0 Å². The zero-order chi connectivity index (χ0) is 10.5. The molecule has 0 radical (unpaired) electrons. The van der Waals surface area contributed by atoms with Gasteiger partial charge in [-0.3, -0.25) is 4.90 Å². The van der Waals surface area contributed by atoms with Crippen molar-refractivity contribution in [3.8, 4) is 0 Å². The van der Waals surface area contributed by atoms with Gasteiger partial charge in [-0.25, -0.2) is 0 Å². The molecule has 1 heterocycles. The molecule has 2 nitrogen and oxygen atoms in total. The fourth-order valence-corrected chi connectivity index (χ4v) is 3.37. The summed E-state index contributed by atoms with van der Waals surface area (Å²) >= 11 is 0. The second-order valence-corrected chi connectivity index (χ2v) is 5.24. The highest BCUT2D eigenvalue weighted by Gasteiger charge is 2.28. The summed E-state index contributed by atoms with van der Waals surface area (Å²) in [6, 6.07) is 1.74. The zero-order valence-electron chi connectivity index (χ0n) is 10.2. The maximum atomic E-state index is 3.36. The second-order valence-electron chi connectivity index (χ2n) is 5.24. The number of piperidine rings is 1. The molecular weight excluding hydrogens is 184 g/mol. The molecule has 2 heteroatoms. The van der Waals surface area contributed by atoms with Crippen molar-refractivity contribution in [3.05, 3.63) is 0 Å². The van der Waals surface area contributed by atoms with Crippen LogP contribution in [0.4, 0.5) is 0 Å². The summed E-state index contributed by atoms with van der Waals surface area (Å²) in [5.41, 5.74) is 0. The van der Waals surface area contributed by atoms with Crippen molar-refractivity contribution in [2.45, 2.75) is 63.5 Å². The van der Waals surface area contributed by atoms with Gasteiger partial charge in [-0.05, 0) is 39.3 Å². The van der Waals surface area contributed by atoms with Gasteiger partial charge in [-0.1, -0.05) is 25.7 Å². The van der Waals surface area contributed by atoms with Crippen LogP contribution in [-0.2, 0) is 0 Å². The van der Waals surface area contributed by atoms with Crippen LogP contribution in [0.2, 0.25) is 0 Å². The summed E-state index contributed by atoms with van der Waals surface area (Å²) < 4.78 is 0. The lowest BCUT2D eigenvalue weighted by Crippen LogP contribution is -2.50. The molecule has 2 fully saturated rings. The molecule has 1 aliphatic heterocycles. The lowest BCUT2D eigenvalue weighted by atomic mass is 9.90. The van der Waals surface area contributed by atoms with Gasteiger partial charge in [0.05, 0.1) is 0 Å². The fraction of sp³-hybridized carbons (Fsp3) is 1.00. The summed E-state index contributed by atoms with van der Waals surface area (Å²) in [5.74, 6) is 0. The van der Waals surface area contributed by atoms with E-state index >= 15 is 0 Å². The van der Waals surface area contributed by atoms with Gasteiger partial charge >= 0.3 is 0 Å². The van der Waals surface area contributed by atoms with Crippen LogP contribution in [0.1, 0.15) is 51.4 Å². The number of nitrogens with one attached hydrogen (secondary N) is 1. The summed E-state index contributed by atoms with van der Waals surface area (Å²) in [6.07, 6.45) is 11.6. The minimum absolute atomic E-state index is 0.826. The van der Waals surface area contributed by atoms with Crippen molar-refractivity contribution in [3.63, 3.8) is 0 Å². The Morgan fingerprint density at radius 2 is 1.73 bits per heavy atom. The SMILES string of the molecule is CNCC1CCCCN1C1CCCCC1. The molecule has 0 spiro atoms. The highest BCUT2D eigenvalue weighted by molar-refractivity contribution is 4.85. The molecule has 88 valence electrons. The summed E-state index contributed by atoms with van der Waals surface area (Å²) in [7, 11) is 2.09. The largest absolute Gasteiger partial charge is 0.318 e. The normalized spacial score (nSPS) is 30.6. The predicted octanol–water partition coefficient (Wildman–Crippen LogP) is 2.39. The molecule has 15 heavy (non-hydrogen) atoms. The van der Waals surface area contributed by atoms with Crippen LogP contribution in [0.25, 0.3) is 0 Å². The van der Waals surface area contributed by atoms with E-state index in [-0.39, 0.29) is 0 Å². The van der Waals surface area contributed by atoms with Crippen molar-refractivity contribution >= 4 is 0 Å². The van der Waals surface area contributed by atoms with Gasteiger partial charge in [0.15, 0.2) is 0 Å². The van der Waals surface area contributed by atoms with Gasteiger partial charge in [-0.15, -0.1) is 0 Å². The third kappa shape index (κ3) is 2.94. The van der Waals surface area contributed by atoms with E-state index < -0.39 is 0 Å². The van der Waals surface area contributed by atoms with Gasteiger partial charge < -0.3 is 5.32 Å². The minimum Gasteiger partial charge on any atom is -0.318 e. The molecule has 0 aromatic carbocycles. The van der Waals surface area contributed by atoms with E-state index in [2.05, 4.69) is 17.3 Å². The van der Waals surface area contributed by atoms with E-state index in [1.165, 1.54) is 64.5 Å². The molecule has 1 aliphatic carbocycles. The average molecular weight is 210 g/mol. The molecular formula is C13H26N2. The number of nitrogens with zero attached hydrogens (tertiary/aromatic N) is 1. The van der Waals surface area contributed by atoms with E-state index in [9.17, 15) is 0 Å². The highest BCUT2D eigenvalue weighted by atomic mass is 15.2. The average Bonchev–Trinajstić information content (AvgIpc) is 2.31. The number of hydrogen-bond acceptors (Lipinski definition) is 2. The number of rotatable bonds is 3. The Labute approximate surface area is 94.4 Å². The first-order valence-electron chi connectivity index (χ1n) is 6.82. The molecule has 1 N–H and O–H groups in total. The minimum atomic E-state index is 0.826. The van der Waals surface area contributed by atoms with Gasteiger partial charge in [0.2, 0.25) is 0 Å². The quantitative estimate of drug-likeness (QED) is 0.769. The molecule has 0 amide bonds. The maximum absolute atomic E-state index is 3.36. The topological polar surface area (TPSA) is 15.3 Å². The van der Waals surface area contributed by atoms with E-state index in [1.54, 1.807) is 0 Å². The number of likely N-dealkylation sites (N-methyl/N-ethyl adjacent to an activating group) is 1. The Balaban J connectivity index is 1.90. The van der Waals surface area contributed by atoms with E-state index in [0.29, 0.717) is 0 Å². The van der Waals surface area contributed by atoms with Gasteiger partial charge in [0, 0.05) is 18.6 Å². The summed E-state index contributed by atoms with van der Waals surface area (Å²) in [6.45, 7) is 2.55. The molecule has 1 unspecified atom stereocenters. The van der Waals surface area contributed by atoms with Crippen molar-refractivity contribution in [2.75, 3.05) is 20.1 Å². The second kappa shape index (κ2) is 5.86. The third-order valence-corrected chi connectivity index (χ3v) is 4.16. The zero-order valence-corrected chi connectivity index (χ0v) is 10.2. The fourth-order valence-electron chi connectivity index (χ4n) is 3.37. The van der Waals surface area contributed by atoms with Gasteiger partial charge in [0.1, 0.15) is 0 Å². The Kier molecular flexibility index (Phi) is 4.45. The Hall–Kier alpha value is -0.0800. The first kappa shape index (κ1) is 11.4. The first-order chi connectivity index (χ1) is 7.42. The van der Waals surface area contributed by atoms with Crippen LogP contribution in [-0.4, -0.2) is 37.1 Å². The van der Waals surface area contributed by atoms with Crippen molar-refractivity contribution < 1.29 is 0 Å². The smallest absolute Gasteiger partial charge is 0.0223 e. The van der Waals surface area contributed by atoms with E-state index in [1.807, 2.05) is 0 Å². The standard InChI is InChI=1S/C13H26N2/c1-14-11-13-9-5-6-10-15(13)12-7-3-2-4-8-12/h12-14H,2-11H2,1H3. The predicted molar refractivity (Wildman–Crippen MR) is 65.1 cm³/mol. The third-order valence-electron chi connectivity index (χ3n) is 4.16. The van der Waals surface area contributed by atoms with Crippen molar-refractivity contribution in [1.82, 2.24) is 10.2 Å². The number of hydrogen-bond donors (Lipinski definition) is 1. The lowest BCUT2D eigenvalue weighted by Gasteiger charge is -2.42. The molecule has 1 saturated heterocycles. The highest BCUT2D eigenvalue weighted by Crippen LogP contribution is 2.28. The first-order valence-corrected chi connectivity index (χ1v) is 6.82. The number of likely N-dealkylation sites (tertiary alicyclic amines) is 1. The summed E-state index contributed by atoms with van der Waals surface area (Å²) in [4.78, 5) is 2.82.